The van der Waals surface area contributed by atoms with Crippen molar-refractivity contribution in [1.29, 1.82) is 0 Å². The van der Waals surface area contributed by atoms with Crippen LogP contribution in [0.4, 0.5) is 5.69 Å². The third kappa shape index (κ3) is 2.70. The second kappa shape index (κ2) is 5.38. The zero-order valence-electron chi connectivity index (χ0n) is 10.1. The number of rotatable bonds is 4. The molecule has 1 fully saturated rings. The minimum atomic E-state index is -0.505. The van der Waals surface area contributed by atoms with Crippen LogP contribution in [0, 0.1) is 5.92 Å². The molecule has 1 aliphatic heterocycles. The molecule has 0 amide bonds. The highest BCUT2D eigenvalue weighted by Gasteiger charge is 2.21. The van der Waals surface area contributed by atoms with Crippen LogP contribution in [0.2, 0.25) is 0 Å². The van der Waals surface area contributed by atoms with Crippen LogP contribution in [0.1, 0.15) is 24.5 Å². The van der Waals surface area contributed by atoms with E-state index in [1.165, 1.54) is 0 Å². The lowest BCUT2D eigenvalue weighted by molar-refractivity contribution is 0.148. The zero-order valence-corrected chi connectivity index (χ0v) is 10.1. The number of para-hydroxylation sites is 1. The average molecular weight is 236 g/mol. The molecule has 0 aromatic heterocycles. The number of nitrogens with one attached hydrogen (secondary N) is 1. The van der Waals surface area contributed by atoms with Crippen LogP contribution < -0.4 is 15.8 Å². The molecule has 0 aliphatic carbocycles. The Morgan fingerprint density at radius 3 is 3.06 bits per heavy atom. The zero-order chi connectivity index (χ0) is 12.3. The number of benzene rings is 1. The van der Waals surface area contributed by atoms with Gasteiger partial charge in [-0.2, -0.15) is 0 Å². The maximum Gasteiger partial charge on any atom is 0.142 e. The molecule has 1 saturated heterocycles. The number of nitrogens with two attached hydrogens (primary N) is 1. The summed E-state index contributed by atoms with van der Waals surface area (Å²) in [7, 11) is 1.59. The van der Waals surface area contributed by atoms with Crippen LogP contribution in [0.5, 0.6) is 5.75 Å². The molecule has 0 spiro atoms. The van der Waals surface area contributed by atoms with Gasteiger partial charge in [-0.05, 0) is 37.9 Å². The number of ether oxygens (including phenoxy) is 1. The number of nitrogen functional groups attached to an aromatic ring is 1. The summed E-state index contributed by atoms with van der Waals surface area (Å²) in [5.41, 5.74) is 7.29. The van der Waals surface area contributed by atoms with E-state index in [0.717, 1.165) is 31.5 Å². The monoisotopic (exact) mass is 236 g/mol. The van der Waals surface area contributed by atoms with E-state index in [9.17, 15) is 5.11 Å². The topological polar surface area (TPSA) is 67.5 Å². The molecule has 1 aromatic rings. The van der Waals surface area contributed by atoms with Gasteiger partial charge >= 0.3 is 0 Å². The van der Waals surface area contributed by atoms with Gasteiger partial charge in [0.2, 0.25) is 0 Å². The smallest absolute Gasteiger partial charge is 0.142 e. The molecule has 2 rings (SSSR count). The molecule has 4 N–H and O–H groups in total. The largest absolute Gasteiger partial charge is 0.495 e. The summed E-state index contributed by atoms with van der Waals surface area (Å²) in [5.74, 6) is 1.17. The fourth-order valence-electron chi connectivity index (χ4n) is 2.39. The first-order valence-electron chi connectivity index (χ1n) is 6.03. The summed E-state index contributed by atoms with van der Waals surface area (Å²) in [6.07, 6.45) is 1.38. The Labute approximate surface area is 102 Å². The fraction of sp³-hybridized carbons (Fsp3) is 0.538. The van der Waals surface area contributed by atoms with Crippen LogP contribution in [0.25, 0.3) is 0 Å². The summed E-state index contributed by atoms with van der Waals surface area (Å²) in [6, 6.07) is 5.54. The Hall–Kier alpha value is -1.26. The van der Waals surface area contributed by atoms with Gasteiger partial charge in [-0.25, -0.2) is 0 Å². The van der Waals surface area contributed by atoms with E-state index in [1.807, 2.05) is 18.2 Å². The molecular formula is C13H20N2O2. The van der Waals surface area contributed by atoms with Crippen molar-refractivity contribution in [2.45, 2.75) is 18.9 Å². The molecule has 2 unspecified atom stereocenters. The molecule has 94 valence electrons. The van der Waals surface area contributed by atoms with Crippen molar-refractivity contribution in [2.24, 2.45) is 5.92 Å². The molecule has 4 heteroatoms. The summed E-state index contributed by atoms with van der Waals surface area (Å²) >= 11 is 0. The summed E-state index contributed by atoms with van der Waals surface area (Å²) < 4.78 is 5.16. The van der Waals surface area contributed by atoms with Crippen LogP contribution in [0.3, 0.4) is 0 Å². The molecule has 0 saturated carbocycles. The number of anilines is 1. The lowest BCUT2D eigenvalue weighted by Crippen LogP contribution is -2.13. The van der Waals surface area contributed by atoms with Crippen molar-refractivity contribution in [2.75, 3.05) is 25.9 Å². The predicted molar refractivity (Wildman–Crippen MR) is 68.0 cm³/mol. The van der Waals surface area contributed by atoms with Gasteiger partial charge in [0.05, 0.1) is 18.9 Å². The highest BCUT2D eigenvalue weighted by molar-refractivity contribution is 5.59. The molecule has 1 heterocycles. The first kappa shape index (κ1) is 12.2. The Bertz CT molecular complexity index is 376. The van der Waals surface area contributed by atoms with Crippen molar-refractivity contribution in [3.63, 3.8) is 0 Å². The van der Waals surface area contributed by atoms with Crippen LogP contribution >= 0.6 is 0 Å². The summed E-state index contributed by atoms with van der Waals surface area (Å²) in [6.45, 7) is 2.03. The van der Waals surface area contributed by atoms with Gasteiger partial charge < -0.3 is 20.9 Å². The van der Waals surface area contributed by atoms with Crippen molar-refractivity contribution in [3.8, 4) is 5.75 Å². The Balaban J connectivity index is 2.09. The maximum absolute atomic E-state index is 10.2. The normalized spacial score (nSPS) is 21.4. The molecule has 17 heavy (non-hydrogen) atoms. The van der Waals surface area contributed by atoms with E-state index in [1.54, 1.807) is 7.11 Å². The molecule has 1 aromatic carbocycles. The number of hydrogen-bond acceptors (Lipinski definition) is 4. The van der Waals surface area contributed by atoms with Crippen molar-refractivity contribution in [3.05, 3.63) is 23.8 Å². The Morgan fingerprint density at radius 2 is 2.41 bits per heavy atom. The van der Waals surface area contributed by atoms with Gasteiger partial charge in [0.15, 0.2) is 0 Å². The van der Waals surface area contributed by atoms with E-state index in [-0.39, 0.29) is 0 Å². The van der Waals surface area contributed by atoms with E-state index in [4.69, 9.17) is 10.5 Å². The second-order valence-electron chi connectivity index (χ2n) is 4.57. The second-order valence-corrected chi connectivity index (χ2v) is 4.57. The first-order valence-corrected chi connectivity index (χ1v) is 6.03. The van der Waals surface area contributed by atoms with Crippen molar-refractivity contribution < 1.29 is 9.84 Å². The predicted octanol–water partition coefficient (Wildman–Crippen LogP) is 1.31. The fourth-order valence-corrected chi connectivity index (χ4v) is 2.39. The molecule has 4 nitrogen and oxygen atoms in total. The van der Waals surface area contributed by atoms with E-state index < -0.39 is 6.10 Å². The molecule has 0 bridgehead atoms. The van der Waals surface area contributed by atoms with Gasteiger partial charge in [0.1, 0.15) is 5.75 Å². The molecule has 1 aliphatic rings. The van der Waals surface area contributed by atoms with E-state index in [2.05, 4.69) is 5.32 Å². The third-order valence-corrected chi connectivity index (χ3v) is 3.40. The van der Waals surface area contributed by atoms with E-state index >= 15 is 0 Å². The van der Waals surface area contributed by atoms with Crippen LogP contribution in [-0.2, 0) is 0 Å². The standard InChI is InChI=1S/C13H20N2O2/c1-17-12-4-2-3-10(13(12)14)11(16)7-9-5-6-15-8-9/h2-4,9,11,15-16H,5-8,14H2,1H3. The quantitative estimate of drug-likeness (QED) is 0.690. The number of aliphatic hydroxyl groups excluding tert-OH is 1. The van der Waals surface area contributed by atoms with Gasteiger partial charge in [0.25, 0.3) is 0 Å². The molecule has 2 atom stereocenters. The minimum Gasteiger partial charge on any atom is -0.495 e. The van der Waals surface area contributed by atoms with Gasteiger partial charge in [-0.15, -0.1) is 0 Å². The number of aliphatic hydroxyl groups is 1. The van der Waals surface area contributed by atoms with Crippen LogP contribution in [-0.4, -0.2) is 25.3 Å². The number of methoxy groups -OCH3 is 1. The average Bonchev–Trinajstić information content (AvgIpc) is 2.82. The maximum atomic E-state index is 10.2. The SMILES string of the molecule is COc1cccc(C(O)CC2CCNC2)c1N. The Kier molecular flexibility index (Phi) is 3.86. The first-order chi connectivity index (χ1) is 8.22. The third-order valence-electron chi connectivity index (χ3n) is 3.40. The molecular weight excluding hydrogens is 216 g/mol. The minimum absolute atomic E-state index is 0.505. The summed E-state index contributed by atoms with van der Waals surface area (Å²) in [5, 5.41) is 13.5. The van der Waals surface area contributed by atoms with Gasteiger partial charge in [0, 0.05) is 5.56 Å². The summed E-state index contributed by atoms with van der Waals surface area (Å²) in [4.78, 5) is 0. The lowest BCUT2D eigenvalue weighted by atomic mass is 9.95. The lowest BCUT2D eigenvalue weighted by Gasteiger charge is -2.18. The molecule has 0 radical (unpaired) electrons. The highest BCUT2D eigenvalue weighted by Crippen LogP contribution is 2.33. The van der Waals surface area contributed by atoms with Crippen molar-refractivity contribution in [1.82, 2.24) is 5.32 Å². The van der Waals surface area contributed by atoms with Crippen molar-refractivity contribution >= 4 is 5.69 Å². The number of hydrogen-bond donors (Lipinski definition) is 3. The highest BCUT2D eigenvalue weighted by atomic mass is 16.5. The van der Waals surface area contributed by atoms with Crippen LogP contribution in [0.15, 0.2) is 18.2 Å². The van der Waals surface area contributed by atoms with Gasteiger partial charge in [-0.1, -0.05) is 12.1 Å². The van der Waals surface area contributed by atoms with E-state index in [0.29, 0.717) is 17.4 Å². The Morgan fingerprint density at radius 1 is 1.59 bits per heavy atom. The van der Waals surface area contributed by atoms with Gasteiger partial charge in [-0.3, -0.25) is 0 Å².